The first-order valence-electron chi connectivity index (χ1n) is 7.32. The van der Waals surface area contributed by atoms with E-state index in [-0.39, 0.29) is 11.9 Å². The third-order valence-electron chi connectivity index (χ3n) is 4.08. The van der Waals surface area contributed by atoms with Gasteiger partial charge in [0.15, 0.2) is 0 Å². The van der Waals surface area contributed by atoms with Crippen molar-refractivity contribution >= 4 is 5.91 Å². The van der Waals surface area contributed by atoms with Gasteiger partial charge in [-0.3, -0.25) is 4.79 Å². The van der Waals surface area contributed by atoms with E-state index in [2.05, 4.69) is 0 Å². The van der Waals surface area contributed by atoms with Crippen molar-refractivity contribution in [3.8, 4) is 0 Å². The highest BCUT2D eigenvalue weighted by atomic mass is 16.3. The van der Waals surface area contributed by atoms with Crippen LogP contribution in [0.25, 0.3) is 0 Å². The maximum atomic E-state index is 12.1. The lowest BCUT2D eigenvalue weighted by molar-refractivity contribution is -0.131. The number of carbonyl (C=O) groups excluding carboxylic acids is 1. The number of hydrogen-bond donors (Lipinski definition) is 1. The summed E-state index contributed by atoms with van der Waals surface area (Å²) in [5.74, 6) is 0.124. The van der Waals surface area contributed by atoms with Crippen molar-refractivity contribution in [1.29, 1.82) is 0 Å². The molecular formula is C18H19NO2. The molecule has 1 amide bonds. The van der Waals surface area contributed by atoms with Gasteiger partial charge in [-0.05, 0) is 17.5 Å². The second kappa shape index (κ2) is 6.10. The lowest BCUT2D eigenvalue weighted by Crippen LogP contribution is -2.36. The zero-order chi connectivity index (χ0) is 14.7. The van der Waals surface area contributed by atoms with Gasteiger partial charge in [0.25, 0.3) is 0 Å². The molecule has 3 heteroatoms. The minimum absolute atomic E-state index is 0.124. The fourth-order valence-corrected chi connectivity index (χ4v) is 2.94. The third kappa shape index (κ3) is 2.98. The van der Waals surface area contributed by atoms with Crippen molar-refractivity contribution in [2.75, 3.05) is 0 Å². The molecule has 0 radical (unpaired) electrons. The predicted molar refractivity (Wildman–Crippen MR) is 81.4 cm³/mol. The summed E-state index contributed by atoms with van der Waals surface area (Å²) in [6.07, 6.45) is 0.602. The van der Waals surface area contributed by atoms with E-state index in [0.717, 1.165) is 11.1 Å². The number of hydrogen-bond acceptors (Lipinski definition) is 2. The molecule has 0 bridgehead atoms. The van der Waals surface area contributed by atoms with Crippen molar-refractivity contribution in [2.45, 2.75) is 31.5 Å². The molecule has 3 nitrogen and oxygen atoms in total. The topological polar surface area (TPSA) is 40.5 Å². The molecule has 1 unspecified atom stereocenters. The second-order valence-electron chi connectivity index (χ2n) is 5.47. The van der Waals surface area contributed by atoms with Crippen molar-refractivity contribution in [2.24, 2.45) is 0 Å². The zero-order valence-corrected chi connectivity index (χ0v) is 11.9. The molecule has 1 aliphatic rings. The summed E-state index contributed by atoms with van der Waals surface area (Å²) in [7, 11) is 0. The van der Waals surface area contributed by atoms with Gasteiger partial charge in [-0.1, -0.05) is 60.7 Å². The Morgan fingerprint density at radius 3 is 2.33 bits per heavy atom. The lowest BCUT2D eigenvalue weighted by Gasteiger charge is -2.29. The Kier molecular flexibility index (Phi) is 4.02. The van der Waals surface area contributed by atoms with Gasteiger partial charge >= 0.3 is 0 Å². The number of aliphatic hydroxyl groups is 1. The molecule has 108 valence electrons. The van der Waals surface area contributed by atoms with Crippen LogP contribution in [0.1, 0.15) is 30.1 Å². The van der Waals surface area contributed by atoms with Gasteiger partial charge < -0.3 is 10.0 Å². The standard InChI is InChI=1S/C18H19NO2/c20-17-12-11-16(18(21)15-9-5-2-6-10-15)19(17)13-14-7-3-1-4-8-14/h1-10,16,18,21H,11-13H2/t16?,18-/m0/s1. The van der Waals surface area contributed by atoms with Crippen LogP contribution in [-0.2, 0) is 11.3 Å². The predicted octanol–water partition coefficient (Wildman–Crippen LogP) is 2.91. The Morgan fingerprint density at radius 1 is 1.05 bits per heavy atom. The number of likely N-dealkylation sites (tertiary alicyclic amines) is 1. The Morgan fingerprint density at radius 2 is 1.67 bits per heavy atom. The Labute approximate surface area is 124 Å². The van der Waals surface area contributed by atoms with Crippen LogP contribution >= 0.6 is 0 Å². The van der Waals surface area contributed by atoms with Gasteiger partial charge in [-0.15, -0.1) is 0 Å². The molecular weight excluding hydrogens is 262 g/mol. The van der Waals surface area contributed by atoms with E-state index in [9.17, 15) is 9.90 Å². The van der Waals surface area contributed by atoms with Crippen LogP contribution < -0.4 is 0 Å². The highest BCUT2D eigenvalue weighted by Gasteiger charge is 2.36. The minimum atomic E-state index is -0.624. The molecule has 2 aromatic rings. The first-order chi connectivity index (χ1) is 10.3. The molecule has 3 rings (SSSR count). The summed E-state index contributed by atoms with van der Waals surface area (Å²) in [6, 6.07) is 19.4. The minimum Gasteiger partial charge on any atom is -0.386 e. The molecule has 0 spiro atoms. The zero-order valence-electron chi connectivity index (χ0n) is 11.9. The van der Waals surface area contributed by atoms with Gasteiger partial charge in [-0.2, -0.15) is 0 Å². The van der Waals surface area contributed by atoms with Crippen LogP contribution in [0.5, 0.6) is 0 Å². The van der Waals surface area contributed by atoms with Gasteiger partial charge in [0, 0.05) is 13.0 Å². The maximum absolute atomic E-state index is 12.1. The summed E-state index contributed by atoms with van der Waals surface area (Å²) in [4.78, 5) is 14.0. The number of benzene rings is 2. The number of amides is 1. The van der Waals surface area contributed by atoms with Crippen molar-refractivity contribution < 1.29 is 9.90 Å². The number of rotatable bonds is 4. The van der Waals surface area contributed by atoms with Gasteiger partial charge in [-0.25, -0.2) is 0 Å². The number of nitrogens with zero attached hydrogens (tertiary/aromatic N) is 1. The molecule has 1 N–H and O–H groups in total. The molecule has 21 heavy (non-hydrogen) atoms. The molecule has 1 aliphatic heterocycles. The normalized spacial score (nSPS) is 19.8. The largest absolute Gasteiger partial charge is 0.386 e. The lowest BCUT2D eigenvalue weighted by atomic mass is 10.00. The fraction of sp³-hybridized carbons (Fsp3) is 0.278. The molecule has 0 aliphatic carbocycles. The van der Waals surface area contributed by atoms with E-state index in [4.69, 9.17) is 0 Å². The van der Waals surface area contributed by atoms with E-state index >= 15 is 0 Å². The Hall–Kier alpha value is -2.13. The highest BCUT2D eigenvalue weighted by molar-refractivity contribution is 5.79. The van der Waals surface area contributed by atoms with Gasteiger partial charge in [0.2, 0.25) is 5.91 Å². The van der Waals surface area contributed by atoms with Crippen LogP contribution in [-0.4, -0.2) is 22.0 Å². The first-order valence-corrected chi connectivity index (χ1v) is 7.32. The van der Waals surface area contributed by atoms with E-state index in [1.807, 2.05) is 65.6 Å². The Bertz CT molecular complexity index is 597. The quantitative estimate of drug-likeness (QED) is 0.936. The number of aliphatic hydroxyl groups excluding tert-OH is 1. The molecule has 1 fully saturated rings. The summed E-state index contributed by atoms with van der Waals surface area (Å²) in [5.41, 5.74) is 1.97. The monoisotopic (exact) mass is 281 g/mol. The van der Waals surface area contributed by atoms with Crippen molar-refractivity contribution in [3.63, 3.8) is 0 Å². The second-order valence-corrected chi connectivity index (χ2v) is 5.47. The first kappa shape index (κ1) is 13.8. The maximum Gasteiger partial charge on any atom is 0.223 e. The third-order valence-corrected chi connectivity index (χ3v) is 4.08. The summed E-state index contributed by atoms with van der Waals surface area (Å²) < 4.78 is 0. The highest BCUT2D eigenvalue weighted by Crippen LogP contribution is 2.31. The van der Waals surface area contributed by atoms with Crippen molar-refractivity contribution in [3.05, 3.63) is 71.8 Å². The van der Waals surface area contributed by atoms with Crippen LogP contribution in [0.4, 0.5) is 0 Å². The molecule has 2 atom stereocenters. The molecule has 0 saturated carbocycles. The van der Waals surface area contributed by atoms with Crippen LogP contribution in [0.3, 0.4) is 0 Å². The van der Waals surface area contributed by atoms with Crippen LogP contribution in [0.2, 0.25) is 0 Å². The van der Waals surface area contributed by atoms with Gasteiger partial charge in [0.1, 0.15) is 0 Å². The summed E-state index contributed by atoms with van der Waals surface area (Å²) >= 11 is 0. The smallest absolute Gasteiger partial charge is 0.223 e. The van der Waals surface area contributed by atoms with E-state index in [1.165, 1.54) is 0 Å². The van der Waals surface area contributed by atoms with E-state index in [0.29, 0.717) is 19.4 Å². The summed E-state index contributed by atoms with van der Waals surface area (Å²) in [6.45, 7) is 0.564. The molecule has 2 aromatic carbocycles. The summed E-state index contributed by atoms with van der Waals surface area (Å²) in [5, 5.41) is 10.6. The van der Waals surface area contributed by atoms with E-state index in [1.54, 1.807) is 0 Å². The Balaban J connectivity index is 1.79. The molecule has 0 aromatic heterocycles. The van der Waals surface area contributed by atoms with Crippen molar-refractivity contribution in [1.82, 2.24) is 4.90 Å². The average molecular weight is 281 g/mol. The molecule has 1 saturated heterocycles. The van der Waals surface area contributed by atoms with E-state index < -0.39 is 6.10 Å². The number of carbonyl (C=O) groups is 1. The SMILES string of the molecule is O=C1CCC([C@@H](O)c2ccccc2)N1Cc1ccccc1. The van der Waals surface area contributed by atoms with Crippen LogP contribution in [0.15, 0.2) is 60.7 Å². The van der Waals surface area contributed by atoms with Crippen LogP contribution in [0, 0.1) is 0 Å². The van der Waals surface area contributed by atoms with Gasteiger partial charge in [0.05, 0.1) is 12.1 Å². The average Bonchev–Trinajstić information content (AvgIpc) is 2.90. The fourth-order valence-electron chi connectivity index (χ4n) is 2.94. The molecule has 1 heterocycles.